The third kappa shape index (κ3) is 4.49. The van der Waals surface area contributed by atoms with Crippen LogP contribution in [0.4, 0.5) is 4.79 Å². The second-order valence-electron chi connectivity index (χ2n) is 4.43. The van der Waals surface area contributed by atoms with E-state index in [1.54, 1.807) is 7.05 Å². The van der Waals surface area contributed by atoms with Crippen LogP contribution in [0.3, 0.4) is 0 Å². The fraction of sp³-hybridized carbons (Fsp3) is 0.727. The van der Waals surface area contributed by atoms with E-state index in [-0.39, 0.29) is 43.9 Å². The van der Waals surface area contributed by atoms with Crippen LogP contribution in [0.5, 0.6) is 0 Å². The first-order chi connectivity index (χ1) is 8.95. The molecule has 0 radical (unpaired) electrons. The van der Waals surface area contributed by atoms with Gasteiger partial charge in [0.2, 0.25) is 11.8 Å². The maximum Gasteiger partial charge on any atom is 0.326 e. The summed E-state index contributed by atoms with van der Waals surface area (Å²) in [5.41, 5.74) is 0. The number of hydrogen-bond acceptors (Lipinski definition) is 5. The van der Waals surface area contributed by atoms with Crippen molar-refractivity contribution in [1.29, 1.82) is 0 Å². The Balaban J connectivity index is 2.21. The number of nitrogens with one attached hydrogen (secondary N) is 1. The molecule has 0 spiro atoms. The van der Waals surface area contributed by atoms with Crippen molar-refractivity contribution < 1.29 is 24.6 Å². The van der Waals surface area contributed by atoms with E-state index in [0.717, 1.165) is 4.90 Å². The van der Waals surface area contributed by atoms with E-state index < -0.39 is 12.7 Å². The van der Waals surface area contributed by atoms with Crippen molar-refractivity contribution in [2.45, 2.75) is 18.9 Å². The molecule has 1 saturated heterocycles. The van der Waals surface area contributed by atoms with Crippen LogP contribution >= 0.6 is 0 Å². The lowest BCUT2D eigenvalue weighted by molar-refractivity contribution is -0.126. The Morgan fingerprint density at radius 2 is 2.16 bits per heavy atom. The molecule has 0 aromatic heterocycles. The third-order valence-electron chi connectivity index (χ3n) is 2.76. The van der Waals surface area contributed by atoms with Gasteiger partial charge in [0.1, 0.15) is 6.54 Å². The van der Waals surface area contributed by atoms with Gasteiger partial charge in [0.25, 0.3) is 0 Å². The minimum absolute atomic E-state index is 0.0142. The molecule has 1 fully saturated rings. The first-order valence-corrected chi connectivity index (χ1v) is 6.06. The van der Waals surface area contributed by atoms with Gasteiger partial charge in [0, 0.05) is 26.6 Å². The van der Waals surface area contributed by atoms with E-state index in [0.29, 0.717) is 6.42 Å². The molecule has 4 amide bonds. The summed E-state index contributed by atoms with van der Waals surface area (Å²) in [6.07, 6.45) is -0.454. The number of nitrogens with zero attached hydrogens (tertiary/aromatic N) is 2. The Morgan fingerprint density at radius 3 is 2.68 bits per heavy atom. The molecule has 8 heteroatoms. The highest BCUT2D eigenvalue weighted by molar-refractivity contribution is 6.01. The Kier molecular flexibility index (Phi) is 5.71. The van der Waals surface area contributed by atoms with Gasteiger partial charge in [0.05, 0.1) is 12.7 Å². The second-order valence-corrected chi connectivity index (χ2v) is 4.43. The van der Waals surface area contributed by atoms with E-state index in [2.05, 4.69) is 5.32 Å². The molecule has 19 heavy (non-hydrogen) atoms. The van der Waals surface area contributed by atoms with Crippen LogP contribution in [0, 0.1) is 0 Å². The van der Waals surface area contributed by atoms with Gasteiger partial charge in [-0.05, 0) is 6.42 Å². The number of aliphatic hydroxyl groups is 2. The molecule has 0 aliphatic carbocycles. The number of carbonyl (C=O) groups is 3. The first kappa shape index (κ1) is 15.4. The normalized spacial score (nSPS) is 17.0. The maximum absolute atomic E-state index is 11.5. The zero-order chi connectivity index (χ0) is 14.4. The van der Waals surface area contributed by atoms with Crippen LogP contribution < -0.4 is 5.32 Å². The van der Waals surface area contributed by atoms with Crippen molar-refractivity contribution in [3.63, 3.8) is 0 Å². The molecule has 0 bridgehead atoms. The molecular formula is C11H19N3O5. The van der Waals surface area contributed by atoms with Gasteiger partial charge in [0.15, 0.2) is 0 Å². The van der Waals surface area contributed by atoms with Crippen molar-refractivity contribution in [2.75, 3.05) is 33.3 Å². The third-order valence-corrected chi connectivity index (χ3v) is 2.76. The molecule has 8 nitrogen and oxygen atoms in total. The summed E-state index contributed by atoms with van der Waals surface area (Å²) in [6, 6.07) is -0.346. The largest absolute Gasteiger partial charge is 0.394 e. The SMILES string of the molecule is CN1CC(=O)N(CCCC(=O)NCC(O)CO)C1=O. The van der Waals surface area contributed by atoms with E-state index in [4.69, 9.17) is 10.2 Å². The lowest BCUT2D eigenvalue weighted by Gasteiger charge is -2.14. The zero-order valence-electron chi connectivity index (χ0n) is 10.8. The predicted octanol–water partition coefficient (Wildman–Crippen LogP) is -1.87. The Morgan fingerprint density at radius 1 is 1.47 bits per heavy atom. The van der Waals surface area contributed by atoms with Gasteiger partial charge >= 0.3 is 6.03 Å². The van der Waals surface area contributed by atoms with Crippen LogP contribution in [0.25, 0.3) is 0 Å². The molecule has 108 valence electrons. The van der Waals surface area contributed by atoms with Crippen molar-refractivity contribution in [2.24, 2.45) is 0 Å². The van der Waals surface area contributed by atoms with Crippen molar-refractivity contribution >= 4 is 17.8 Å². The molecule has 0 saturated carbocycles. The van der Waals surface area contributed by atoms with Crippen LogP contribution in [-0.4, -0.2) is 77.3 Å². The maximum atomic E-state index is 11.5. The molecule has 1 atom stereocenters. The molecule has 0 aromatic carbocycles. The van der Waals surface area contributed by atoms with Gasteiger partial charge in [-0.15, -0.1) is 0 Å². The number of aliphatic hydroxyl groups excluding tert-OH is 2. The summed E-state index contributed by atoms with van der Waals surface area (Å²) in [7, 11) is 1.54. The van der Waals surface area contributed by atoms with E-state index in [1.165, 1.54) is 4.90 Å². The Bertz CT molecular complexity index is 360. The molecule has 1 unspecified atom stereocenters. The Hall–Kier alpha value is -1.67. The van der Waals surface area contributed by atoms with Crippen molar-refractivity contribution in [1.82, 2.24) is 15.1 Å². The molecule has 3 N–H and O–H groups in total. The number of hydrogen-bond donors (Lipinski definition) is 3. The summed E-state index contributed by atoms with van der Waals surface area (Å²) in [6.45, 7) is -0.144. The highest BCUT2D eigenvalue weighted by Crippen LogP contribution is 2.08. The highest BCUT2D eigenvalue weighted by Gasteiger charge is 2.32. The average Bonchev–Trinajstić information content (AvgIpc) is 2.62. The van der Waals surface area contributed by atoms with Crippen LogP contribution in [0.1, 0.15) is 12.8 Å². The van der Waals surface area contributed by atoms with E-state index >= 15 is 0 Å². The predicted molar refractivity (Wildman–Crippen MR) is 65.1 cm³/mol. The zero-order valence-corrected chi connectivity index (χ0v) is 10.8. The minimum Gasteiger partial charge on any atom is -0.394 e. The van der Waals surface area contributed by atoms with Gasteiger partial charge in [-0.1, -0.05) is 0 Å². The standard InChI is InChI=1S/C11H19N3O5/c1-13-6-10(18)14(11(13)19)4-2-3-9(17)12-5-8(16)7-15/h8,15-16H,2-7H2,1H3,(H,12,17). The fourth-order valence-corrected chi connectivity index (χ4v) is 1.67. The highest BCUT2D eigenvalue weighted by atomic mass is 16.3. The molecule has 1 heterocycles. The monoisotopic (exact) mass is 273 g/mol. The summed E-state index contributed by atoms with van der Waals surface area (Å²) >= 11 is 0. The number of carbonyl (C=O) groups excluding carboxylic acids is 3. The van der Waals surface area contributed by atoms with Crippen LogP contribution in [0.2, 0.25) is 0 Å². The second kappa shape index (κ2) is 7.05. The molecular weight excluding hydrogens is 254 g/mol. The van der Waals surface area contributed by atoms with Gasteiger partial charge in [-0.25, -0.2) is 4.79 Å². The first-order valence-electron chi connectivity index (χ1n) is 6.06. The quantitative estimate of drug-likeness (QED) is 0.471. The molecule has 1 rings (SSSR count). The molecule has 0 aromatic rings. The summed E-state index contributed by atoms with van der Waals surface area (Å²) < 4.78 is 0. The van der Waals surface area contributed by atoms with Crippen LogP contribution in [0.15, 0.2) is 0 Å². The topological polar surface area (TPSA) is 110 Å². The number of likely N-dealkylation sites (N-methyl/N-ethyl adjacent to an activating group) is 1. The smallest absolute Gasteiger partial charge is 0.326 e. The Labute approximate surface area is 111 Å². The van der Waals surface area contributed by atoms with Crippen molar-refractivity contribution in [3.8, 4) is 0 Å². The molecule has 1 aliphatic heterocycles. The lowest BCUT2D eigenvalue weighted by atomic mass is 10.2. The summed E-state index contributed by atoms with van der Waals surface area (Å²) in [5.74, 6) is -0.552. The summed E-state index contributed by atoms with van der Waals surface area (Å²) in [5, 5.41) is 20.0. The number of urea groups is 1. The fourth-order valence-electron chi connectivity index (χ4n) is 1.67. The minimum atomic E-state index is -0.973. The van der Waals surface area contributed by atoms with Gasteiger partial charge < -0.3 is 20.4 Å². The molecule has 1 aliphatic rings. The lowest BCUT2D eigenvalue weighted by Crippen LogP contribution is -2.35. The van der Waals surface area contributed by atoms with Crippen molar-refractivity contribution in [3.05, 3.63) is 0 Å². The van der Waals surface area contributed by atoms with E-state index in [1.807, 2.05) is 0 Å². The summed E-state index contributed by atoms with van der Waals surface area (Å²) in [4.78, 5) is 36.7. The van der Waals surface area contributed by atoms with E-state index in [9.17, 15) is 14.4 Å². The van der Waals surface area contributed by atoms with Gasteiger partial charge in [-0.2, -0.15) is 0 Å². The number of imide groups is 1. The van der Waals surface area contributed by atoms with Gasteiger partial charge in [-0.3, -0.25) is 14.5 Å². The number of rotatable bonds is 7. The number of amides is 4. The average molecular weight is 273 g/mol. The van der Waals surface area contributed by atoms with Crippen LogP contribution in [-0.2, 0) is 9.59 Å².